The molecule has 2 fully saturated rings. The highest BCUT2D eigenvalue weighted by atomic mass is 16.5. The molecular weight excluding hydrogens is 737 g/mol. The molecule has 2 aromatic heterocycles. The zero-order chi connectivity index (χ0) is 41.2. The summed E-state index contributed by atoms with van der Waals surface area (Å²) in [5.74, 6) is -0.596. The van der Waals surface area contributed by atoms with Crippen LogP contribution < -0.4 is 10.7 Å². The van der Waals surface area contributed by atoms with E-state index in [1.807, 2.05) is 62.9 Å². The Bertz CT molecular complexity index is 2420. The highest BCUT2D eigenvalue weighted by molar-refractivity contribution is 5.92. The van der Waals surface area contributed by atoms with Crippen LogP contribution in [0.15, 0.2) is 71.7 Å². The second-order valence-corrected chi connectivity index (χ2v) is 16.2. The van der Waals surface area contributed by atoms with Gasteiger partial charge in [-0.05, 0) is 83.7 Å². The van der Waals surface area contributed by atoms with Crippen LogP contribution in [-0.4, -0.2) is 82.0 Å². The summed E-state index contributed by atoms with van der Waals surface area (Å²) in [7, 11) is 2.62. The standard InChI is InChI=1S/C45H52N6O7/c1-25(2)32(22-40(53)57-5)43(54)50-17-7-9-37(50)35-23-39(52)33-21-30(15-16-34(33)47-35)28-11-12-29-20-31(14-13-27(29)19-28)36-24-46-42(48-36)38-10-8-18-51(38)44(55)41(26(3)4)49-45(56)58-6/h11-16,19-21,23-26,32,37-38,41H,7-10,17-18,22H2,1-6H3,(H,46,48)(H,47,52)(H,49,56)/t32-,37?,38-,41-/m0/s1. The maximum absolute atomic E-state index is 13.7. The maximum Gasteiger partial charge on any atom is 0.407 e. The minimum atomic E-state index is -0.702. The lowest BCUT2D eigenvalue weighted by Crippen LogP contribution is -2.51. The molecule has 0 spiro atoms. The van der Waals surface area contributed by atoms with Crippen molar-refractivity contribution in [3.63, 3.8) is 0 Å². The number of nitrogens with zero attached hydrogens (tertiary/aromatic N) is 3. The van der Waals surface area contributed by atoms with Crippen LogP contribution in [-0.2, 0) is 23.9 Å². The summed E-state index contributed by atoms with van der Waals surface area (Å²) in [6, 6.07) is 18.7. The van der Waals surface area contributed by atoms with Crippen molar-refractivity contribution in [1.82, 2.24) is 30.1 Å². The van der Waals surface area contributed by atoms with Crippen LogP contribution >= 0.6 is 0 Å². The van der Waals surface area contributed by atoms with E-state index in [1.54, 1.807) is 17.2 Å². The SMILES string of the molecule is COC(=O)C[C@H](C(=O)N1CCCC1c1cc(=O)c2cc(-c3ccc4cc(-c5cnc([C@@H]6CCCN6C(=O)[C@@H](NC(=O)OC)C(C)C)[nH]5)ccc4c3)ccc2[nH]1)C(C)C. The number of carbonyl (C=O) groups is 4. The molecule has 0 bridgehead atoms. The van der Waals surface area contributed by atoms with Crippen LogP contribution in [0.3, 0.4) is 0 Å². The Balaban J connectivity index is 1.08. The average molecular weight is 789 g/mol. The molecule has 3 aromatic carbocycles. The molecule has 0 aliphatic carbocycles. The van der Waals surface area contributed by atoms with E-state index >= 15 is 0 Å². The van der Waals surface area contributed by atoms with Gasteiger partial charge >= 0.3 is 12.1 Å². The van der Waals surface area contributed by atoms with Crippen LogP contribution in [0.1, 0.15) is 83.4 Å². The molecule has 2 aliphatic rings. The van der Waals surface area contributed by atoms with Crippen LogP contribution in [0.25, 0.3) is 44.1 Å². The van der Waals surface area contributed by atoms with Crippen LogP contribution in [0.5, 0.6) is 0 Å². The largest absolute Gasteiger partial charge is 0.469 e. The van der Waals surface area contributed by atoms with Crippen LogP contribution in [0.2, 0.25) is 0 Å². The number of esters is 1. The molecule has 5 aromatic rings. The molecule has 3 N–H and O–H groups in total. The van der Waals surface area contributed by atoms with E-state index in [9.17, 15) is 24.0 Å². The Morgan fingerprint density at radius 3 is 2.09 bits per heavy atom. The van der Waals surface area contributed by atoms with Crippen molar-refractivity contribution in [1.29, 1.82) is 0 Å². The first kappa shape index (κ1) is 40.2. The third kappa shape index (κ3) is 8.07. The van der Waals surface area contributed by atoms with Gasteiger partial charge in [0.1, 0.15) is 11.9 Å². The first-order valence-corrected chi connectivity index (χ1v) is 20.2. The summed E-state index contributed by atoms with van der Waals surface area (Å²) >= 11 is 0. The number of carbonyl (C=O) groups excluding carboxylic acids is 4. The molecule has 13 heteroatoms. The van der Waals surface area contributed by atoms with E-state index in [4.69, 9.17) is 14.5 Å². The number of amides is 3. The fourth-order valence-corrected chi connectivity index (χ4v) is 8.50. The second-order valence-electron chi connectivity index (χ2n) is 16.2. The number of benzene rings is 3. The molecule has 13 nitrogen and oxygen atoms in total. The van der Waals surface area contributed by atoms with E-state index in [2.05, 4.69) is 39.6 Å². The summed E-state index contributed by atoms with van der Waals surface area (Å²) in [6.07, 6.45) is 4.33. The number of aromatic nitrogens is 3. The number of fused-ring (bicyclic) bond motifs is 2. The summed E-state index contributed by atoms with van der Waals surface area (Å²) in [4.78, 5) is 80.2. The summed E-state index contributed by atoms with van der Waals surface area (Å²) in [5, 5.41) is 5.33. The number of aromatic amines is 2. The van der Waals surface area contributed by atoms with E-state index in [-0.39, 0.29) is 47.6 Å². The molecule has 304 valence electrons. The number of ether oxygens (including phenoxy) is 2. The number of likely N-dealkylation sites (tertiary alicyclic amines) is 2. The molecule has 7 rings (SSSR count). The lowest BCUT2D eigenvalue weighted by Gasteiger charge is -2.30. The summed E-state index contributed by atoms with van der Waals surface area (Å²) < 4.78 is 9.63. The first-order valence-electron chi connectivity index (χ1n) is 20.2. The van der Waals surface area contributed by atoms with Crippen molar-refractivity contribution in [2.45, 2.75) is 77.9 Å². The Hall–Kier alpha value is -5.98. The monoisotopic (exact) mass is 788 g/mol. The van der Waals surface area contributed by atoms with Gasteiger partial charge in [0.2, 0.25) is 11.8 Å². The molecule has 0 radical (unpaired) electrons. The second kappa shape index (κ2) is 16.9. The van der Waals surface area contributed by atoms with Crippen LogP contribution in [0.4, 0.5) is 4.79 Å². The number of imidazole rings is 1. The Kier molecular flexibility index (Phi) is 11.7. The number of methoxy groups -OCH3 is 2. The van der Waals surface area contributed by atoms with Gasteiger partial charge in [-0.15, -0.1) is 0 Å². The van der Waals surface area contributed by atoms with Gasteiger partial charge in [0.15, 0.2) is 5.43 Å². The smallest absolute Gasteiger partial charge is 0.407 e. The number of alkyl carbamates (subject to hydrolysis) is 1. The normalized spacial score (nSPS) is 17.9. The van der Waals surface area contributed by atoms with Gasteiger partial charge in [0.25, 0.3) is 0 Å². The van der Waals surface area contributed by atoms with Gasteiger partial charge in [-0.3, -0.25) is 19.2 Å². The summed E-state index contributed by atoms with van der Waals surface area (Å²) in [6.45, 7) is 8.81. The van der Waals surface area contributed by atoms with Crippen molar-refractivity contribution in [3.05, 3.63) is 88.6 Å². The molecule has 0 saturated carbocycles. The fourth-order valence-electron chi connectivity index (χ4n) is 8.50. The minimum Gasteiger partial charge on any atom is -0.469 e. The van der Waals surface area contributed by atoms with Gasteiger partial charge in [-0.1, -0.05) is 58.0 Å². The number of rotatable bonds is 11. The third-order valence-corrected chi connectivity index (χ3v) is 11.8. The lowest BCUT2D eigenvalue weighted by atomic mass is 9.90. The average Bonchev–Trinajstić information content (AvgIpc) is 4.02. The number of nitrogens with one attached hydrogen (secondary N) is 3. The van der Waals surface area contributed by atoms with Gasteiger partial charge in [0.05, 0.1) is 50.5 Å². The molecule has 2 saturated heterocycles. The molecule has 4 heterocycles. The Morgan fingerprint density at radius 2 is 1.41 bits per heavy atom. The highest BCUT2D eigenvalue weighted by Gasteiger charge is 2.38. The van der Waals surface area contributed by atoms with Gasteiger partial charge in [0, 0.05) is 41.3 Å². The number of hydrogen-bond donors (Lipinski definition) is 3. The third-order valence-electron chi connectivity index (χ3n) is 11.8. The quantitative estimate of drug-likeness (QED) is 0.118. The lowest BCUT2D eigenvalue weighted by molar-refractivity contribution is -0.148. The van der Waals surface area contributed by atoms with Crippen molar-refractivity contribution in [3.8, 4) is 22.4 Å². The van der Waals surface area contributed by atoms with E-state index in [0.717, 1.165) is 58.8 Å². The van der Waals surface area contributed by atoms with Crippen molar-refractivity contribution in [2.75, 3.05) is 27.3 Å². The molecular formula is C45H52N6O7. The van der Waals surface area contributed by atoms with Crippen molar-refractivity contribution >= 4 is 45.6 Å². The Morgan fingerprint density at radius 1 is 0.776 bits per heavy atom. The summed E-state index contributed by atoms with van der Waals surface area (Å²) in [5.41, 5.74) is 4.96. The predicted molar refractivity (Wildman–Crippen MR) is 222 cm³/mol. The van der Waals surface area contributed by atoms with Crippen molar-refractivity contribution < 1.29 is 28.7 Å². The number of pyridine rings is 1. The van der Waals surface area contributed by atoms with Gasteiger partial charge in [-0.25, -0.2) is 9.78 Å². The number of H-pyrrole nitrogens is 2. The predicted octanol–water partition coefficient (Wildman–Crippen LogP) is 7.28. The van der Waals surface area contributed by atoms with Gasteiger partial charge < -0.3 is 34.6 Å². The first-order chi connectivity index (χ1) is 27.9. The van der Waals surface area contributed by atoms with E-state index in [1.165, 1.54) is 14.2 Å². The molecule has 1 unspecified atom stereocenters. The van der Waals surface area contributed by atoms with E-state index < -0.39 is 24.0 Å². The topological polar surface area (TPSA) is 167 Å². The molecule has 58 heavy (non-hydrogen) atoms. The minimum absolute atomic E-state index is 0.0257. The van der Waals surface area contributed by atoms with Crippen molar-refractivity contribution in [2.24, 2.45) is 17.8 Å². The molecule has 3 amide bonds. The number of hydrogen-bond acceptors (Lipinski definition) is 8. The van der Waals surface area contributed by atoms with Gasteiger partial charge in [-0.2, -0.15) is 0 Å². The molecule has 2 aliphatic heterocycles. The fraction of sp³-hybridized carbons (Fsp3) is 0.422. The zero-order valence-electron chi connectivity index (χ0n) is 34.0. The zero-order valence-corrected chi connectivity index (χ0v) is 34.0. The van der Waals surface area contributed by atoms with E-state index in [0.29, 0.717) is 35.5 Å². The maximum atomic E-state index is 13.7. The highest BCUT2D eigenvalue weighted by Crippen LogP contribution is 2.36. The van der Waals surface area contributed by atoms with Crippen LogP contribution in [0, 0.1) is 17.8 Å². The molecule has 4 atom stereocenters. The Labute approximate surface area is 337 Å².